The monoisotopic (exact) mass is 632 g/mol. The molecule has 0 saturated carbocycles. The maximum atomic E-state index is 13.9. The first-order chi connectivity index (χ1) is 21.0. The SMILES string of the molecule is COC1=CC(C(F)(F)F)=CC(c2nc(NC(=O)c3cnc(N4CCC(C(=O)O)CC4)cn3)sc2CN2CCCCC2C)=CC1. The Bertz CT molecular complexity index is 1460. The number of nitrogens with zero attached hydrogens (tertiary/aromatic N) is 5. The molecule has 2 saturated heterocycles. The summed E-state index contributed by atoms with van der Waals surface area (Å²) in [6.45, 7) is 4.56. The predicted octanol–water partition coefficient (Wildman–Crippen LogP) is 5.67. The second-order valence-corrected chi connectivity index (χ2v) is 12.3. The van der Waals surface area contributed by atoms with Crippen molar-refractivity contribution in [1.29, 1.82) is 0 Å². The summed E-state index contributed by atoms with van der Waals surface area (Å²) in [6.07, 6.45) is 6.37. The minimum absolute atomic E-state index is 0.0546. The number of hydrogen-bond acceptors (Lipinski definition) is 9. The van der Waals surface area contributed by atoms with E-state index in [-0.39, 0.29) is 28.9 Å². The van der Waals surface area contributed by atoms with E-state index in [4.69, 9.17) is 4.74 Å². The predicted molar refractivity (Wildman–Crippen MR) is 160 cm³/mol. The largest absolute Gasteiger partial charge is 0.501 e. The van der Waals surface area contributed by atoms with Crippen LogP contribution >= 0.6 is 11.3 Å². The molecule has 3 aliphatic rings. The van der Waals surface area contributed by atoms with Gasteiger partial charge in [0, 0.05) is 37.0 Å². The van der Waals surface area contributed by atoms with Crippen LogP contribution in [-0.2, 0) is 16.1 Å². The van der Waals surface area contributed by atoms with Crippen LogP contribution in [0.2, 0.25) is 0 Å². The first-order valence-electron chi connectivity index (χ1n) is 14.6. The molecule has 1 atom stereocenters. The first-order valence-corrected chi connectivity index (χ1v) is 15.4. The lowest BCUT2D eigenvalue weighted by atomic mass is 9.97. The molecule has 0 radical (unpaired) electrons. The Kier molecular flexibility index (Phi) is 9.68. The number of carbonyl (C=O) groups excluding carboxylic acids is 1. The zero-order chi connectivity index (χ0) is 31.4. The van der Waals surface area contributed by atoms with Gasteiger partial charge < -0.3 is 14.7 Å². The molecule has 1 unspecified atom stereocenters. The fourth-order valence-corrected chi connectivity index (χ4v) is 6.62. The van der Waals surface area contributed by atoms with Crippen LogP contribution in [0.25, 0.3) is 5.57 Å². The van der Waals surface area contributed by atoms with Crippen molar-refractivity contribution in [1.82, 2.24) is 19.9 Å². The van der Waals surface area contributed by atoms with E-state index in [0.717, 1.165) is 42.8 Å². The molecule has 2 aromatic rings. The molecule has 1 amide bonds. The molecule has 44 heavy (non-hydrogen) atoms. The highest BCUT2D eigenvalue weighted by Gasteiger charge is 2.34. The molecule has 10 nitrogen and oxygen atoms in total. The first kappa shape index (κ1) is 31.6. The average Bonchev–Trinajstić information content (AvgIpc) is 3.25. The molecule has 2 aliphatic heterocycles. The van der Waals surface area contributed by atoms with Gasteiger partial charge in [-0.2, -0.15) is 13.2 Å². The van der Waals surface area contributed by atoms with Crippen LogP contribution in [0.4, 0.5) is 24.1 Å². The second-order valence-electron chi connectivity index (χ2n) is 11.2. The number of nitrogens with one attached hydrogen (secondary N) is 1. The molecule has 14 heteroatoms. The number of carbonyl (C=O) groups is 2. The van der Waals surface area contributed by atoms with Crippen LogP contribution in [0.5, 0.6) is 0 Å². The molecule has 236 valence electrons. The van der Waals surface area contributed by atoms with E-state index in [1.807, 2.05) is 4.90 Å². The van der Waals surface area contributed by atoms with E-state index in [9.17, 15) is 27.9 Å². The normalized spacial score (nSPS) is 20.3. The van der Waals surface area contributed by atoms with E-state index in [2.05, 4.69) is 32.1 Å². The molecule has 4 heterocycles. The van der Waals surface area contributed by atoms with Crippen LogP contribution in [0.3, 0.4) is 0 Å². The Balaban J connectivity index is 1.38. The maximum absolute atomic E-state index is 13.9. The van der Waals surface area contributed by atoms with Crippen molar-refractivity contribution in [2.75, 3.05) is 37.0 Å². The van der Waals surface area contributed by atoms with Crippen LogP contribution in [0, 0.1) is 5.92 Å². The average molecular weight is 633 g/mol. The summed E-state index contributed by atoms with van der Waals surface area (Å²) in [7, 11) is 1.34. The van der Waals surface area contributed by atoms with Gasteiger partial charge in [0.05, 0.1) is 42.4 Å². The Morgan fingerprint density at radius 3 is 2.52 bits per heavy atom. The third-order valence-electron chi connectivity index (χ3n) is 8.26. The van der Waals surface area contributed by atoms with Gasteiger partial charge in [-0.05, 0) is 56.9 Å². The molecule has 0 aromatic carbocycles. The number of aromatic nitrogens is 3. The minimum atomic E-state index is -4.58. The van der Waals surface area contributed by atoms with Crippen molar-refractivity contribution < 1.29 is 32.6 Å². The van der Waals surface area contributed by atoms with Gasteiger partial charge in [0.1, 0.15) is 11.5 Å². The van der Waals surface area contributed by atoms with E-state index in [1.54, 1.807) is 6.08 Å². The fraction of sp³-hybridized carbons (Fsp3) is 0.500. The van der Waals surface area contributed by atoms with E-state index < -0.39 is 23.6 Å². The van der Waals surface area contributed by atoms with Crippen LogP contribution in [0.1, 0.15) is 66.5 Å². The van der Waals surface area contributed by atoms with Gasteiger partial charge in [-0.1, -0.05) is 23.8 Å². The van der Waals surface area contributed by atoms with Crippen molar-refractivity contribution in [2.45, 2.75) is 64.2 Å². The van der Waals surface area contributed by atoms with E-state index >= 15 is 0 Å². The van der Waals surface area contributed by atoms with Gasteiger partial charge in [0.2, 0.25) is 0 Å². The number of carboxylic acid groups (broad SMARTS) is 1. The minimum Gasteiger partial charge on any atom is -0.501 e. The summed E-state index contributed by atoms with van der Waals surface area (Å²) in [5, 5.41) is 12.2. The van der Waals surface area contributed by atoms with Crippen molar-refractivity contribution in [2.24, 2.45) is 5.92 Å². The van der Waals surface area contributed by atoms with Crippen molar-refractivity contribution in [3.63, 3.8) is 0 Å². The Morgan fingerprint density at radius 2 is 1.89 bits per heavy atom. The summed E-state index contributed by atoms with van der Waals surface area (Å²) in [6, 6.07) is 0.312. The summed E-state index contributed by atoms with van der Waals surface area (Å²) in [5.41, 5.74) is -0.0786. The summed E-state index contributed by atoms with van der Waals surface area (Å²) in [4.78, 5) is 42.6. The van der Waals surface area contributed by atoms with Gasteiger partial charge in [-0.15, -0.1) is 0 Å². The smallest absolute Gasteiger partial charge is 0.416 e. The number of amides is 1. The zero-order valence-electron chi connectivity index (χ0n) is 24.6. The van der Waals surface area contributed by atoms with Crippen LogP contribution in [-0.4, -0.2) is 75.8 Å². The molecule has 0 bridgehead atoms. The lowest BCUT2D eigenvalue weighted by Gasteiger charge is -2.33. The summed E-state index contributed by atoms with van der Waals surface area (Å²) < 4.78 is 46.8. The molecule has 0 spiro atoms. The summed E-state index contributed by atoms with van der Waals surface area (Å²) >= 11 is 1.23. The number of hydrogen-bond donors (Lipinski definition) is 2. The molecule has 2 fully saturated rings. The number of anilines is 2. The van der Waals surface area contributed by atoms with Crippen molar-refractivity contribution in [3.8, 4) is 0 Å². The number of allylic oxidation sites excluding steroid dienone is 5. The standard InChI is InChI=1S/C30H35F3N6O4S/c1-18-5-3-4-10-39(18)17-24-26(20-6-7-22(43-2)14-21(13-20)30(31,32)33)36-29(44-24)37-27(40)23-15-35-25(16-34-23)38-11-8-19(9-12-38)28(41)42/h6,13-16,18-19H,3-5,7-12,17H2,1-2H3,(H,41,42)(H,36,37,40). The molecular formula is C30H35F3N6O4S. The maximum Gasteiger partial charge on any atom is 0.416 e. The molecule has 2 N–H and O–H groups in total. The number of methoxy groups -OCH3 is 1. The highest BCUT2D eigenvalue weighted by atomic mass is 32.1. The van der Waals surface area contributed by atoms with Gasteiger partial charge >= 0.3 is 12.1 Å². The Labute approximate surface area is 257 Å². The van der Waals surface area contributed by atoms with Crippen molar-refractivity contribution >= 4 is 39.7 Å². The lowest BCUT2D eigenvalue weighted by molar-refractivity contribution is -0.142. The molecule has 2 aromatic heterocycles. The molecular weight excluding hydrogens is 597 g/mol. The third kappa shape index (κ3) is 7.46. The third-order valence-corrected chi connectivity index (χ3v) is 9.21. The number of carboxylic acids is 1. The quantitative estimate of drug-likeness (QED) is 0.379. The van der Waals surface area contributed by atoms with E-state index in [0.29, 0.717) is 55.6 Å². The number of thiazole rings is 1. The number of likely N-dealkylation sites (tertiary alicyclic amines) is 1. The highest BCUT2D eigenvalue weighted by Crippen LogP contribution is 2.37. The number of halogens is 3. The lowest BCUT2D eigenvalue weighted by Crippen LogP contribution is -2.36. The Hall–Kier alpha value is -3.78. The Morgan fingerprint density at radius 1 is 1.11 bits per heavy atom. The summed E-state index contributed by atoms with van der Waals surface area (Å²) in [5.74, 6) is -0.983. The number of rotatable bonds is 8. The number of alkyl halides is 3. The highest BCUT2D eigenvalue weighted by molar-refractivity contribution is 7.16. The number of ether oxygens (including phenoxy) is 1. The van der Waals surface area contributed by atoms with Gasteiger partial charge in [-0.25, -0.2) is 15.0 Å². The zero-order valence-corrected chi connectivity index (χ0v) is 25.4. The fourth-order valence-electron chi connectivity index (χ4n) is 5.62. The number of piperidine rings is 2. The molecule has 5 rings (SSSR count). The van der Waals surface area contributed by atoms with Gasteiger partial charge in [-0.3, -0.25) is 19.8 Å². The number of aliphatic carboxylic acids is 1. The van der Waals surface area contributed by atoms with Gasteiger partial charge in [0.25, 0.3) is 5.91 Å². The van der Waals surface area contributed by atoms with Crippen LogP contribution < -0.4 is 10.2 Å². The van der Waals surface area contributed by atoms with Crippen LogP contribution in [0.15, 0.2) is 42.0 Å². The topological polar surface area (TPSA) is 121 Å². The molecule has 1 aliphatic carbocycles. The van der Waals surface area contributed by atoms with E-state index in [1.165, 1.54) is 30.8 Å². The second kappa shape index (κ2) is 13.5. The van der Waals surface area contributed by atoms with Crippen molar-refractivity contribution in [3.05, 3.63) is 58.2 Å². The van der Waals surface area contributed by atoms with Gasteiger partial charge in [0.15, 0.2) is 5.13 Å².